The SMILES string of the molecule is COc1cccc([C@@H](C)NCc2cccc(C3(F)CCOCC3)c2)c1. The van der Waals surface area contributed by atoms with Crippen LogP contribution in [-0.4, -0.2) is 20.3 Å². The molecule has 1 heterocycles. The van der Waals surface area contributed by atoms with Gasteiger partial charge in [0.2, 0.25) is 0 Å². The minimum absolute atomic E-state index is 0.182. The summed E-state index contributed by atoms with van der Waals surface area (Å²) in [6.07, 6.45) is 0.869. The molecule has 0 saturated carbocycles. The quantitative estimate of drug-likeness (QED) is 0.836. The van der Waals surface area contributed by atoms with Gasteiger partial charge in [0.15, 0.2) is 0 Å². The van der Waals surface area contributed by atoms with Gasteiger partial charge in [-0.15, -0.1) is 0 Å². The fourth-order valence-electron chi connectivity index (χ4n) is 3.24. The van der Waals surface area contributed by atoms with Crippen molar-refractivity contribution in [2.75, 3.05) is 20.3 Å². The topological polar surface area (TPSA) is 30.5 Å². The van der Waals surface area contributed by atoms with E-state index in [4.69, 9.17) is 9.47 Å². The van der Waals surface area contributed by atoms with E-state index in [0.717, 1.165) is 16.9 Å². The minimum atomic E-state index is -1.26. The first kappa shape index (κ1) is 17.9. The van der Waals surface area contributed by atoms with E-state index in [1.165, 1.54) is 5.56 Å². The zero-order chi connectivity index (χ0) is 17.7. The monoisotopic (exact) mass is 343 g/mol. The Morgan fingerprint density at radius 3 is 2.68 bits per heavy atom. The molecule has 3 nitrogen and oxygen atoms in total. The Morgan fingerprint density at radius 2 is 1.92 bits per heavy atom. The van der Waals surface area contributed by atoms with Crippen LogP contribution >= 0.6 is 0 Å². The first-order valence-corrected chi connectivity index (χ1v) is 8.84. The number of halogens is 1. The molecule has 1 aliphatic rings. The zero-order valence-corrected chi connectivity index (χ0v) is 14.9. The molecule has 25 heavy (non-hydrogen) atoms. The van der Waals surface area contributed by atoms with E-state index in [1.807, 2.05) is 42.5 Å². The van der Waals surface area contributed by atoms with E-state index in [9.17, 15) is 0 Å². The number of alkyl halides is 1. The maximum Gasteiger partial charge on any atom is 0.140 e. The lowest BCUT2D eigenvalue weighted by atomic mass is 9.87. The molecule has 1 aliphatic heterocycles. The lowest BCUT2D eigenvalue weighted by molar-refractivity contribution is -0.0115. The molecule has 1 fully saturated rings. The Balaban J connectivity index is 1.66. The van der Waals surface area contributed by atoms with Crippen LogP contribution in [0.2, 0.25) is 0 Å². The maximum absolute atomic E-state index is 15.1. The van der Waals surface area contributed by atoms with E-state index < -0.39 is 5.67 Å². The summed E-state index contributed by atoms with van der Waals surface area (Å²) in [5, 5.41) is 3.51. The zero-order valence-electron chi connectivity index (χ0n) is 14.9. The van der Waals surface area contributed by atoms with Gasteiger partial charge in [-0.1, -0.05) is 36.4 Å². The summed E-state index contributed by atoms with van der Waals surface area (Å²) in [5.74, 6) is 0.854. The lowest BCUT2D eigenvalue weighted by Gasteiger charge is -2.30. The number of nitrogens with one attached hydrogen (secondary N) is 1. The third kappa shape index (κ3) is 4.39. The third-order valence-electron chi connectivity index (χ3n) is 4.94. The largest absolute Gasteiger partial charge is 0.497 e. The summed E-state index contributed by atoms with van der Waals surface area (Å²) in [6, 6.07) is 16.1. The molecule has 1 saturated heterocycles. The summed E-state index contributed by atoms with van der Waals surface area (Å²) in [4.78, 5) is 0. The number of benzene rings is 2. The van der Waals surface area contributed by atoms with E-state index in [1.54, 1.807) is 7.11 Å². The van der Waals surface area contributed by atoms with Crippen molar-refractivity contribution in [1.29, 1.82) is 0 Å². The van der Waals surface area contributed by atoms with Gasteiger partial charge in [0.05, 0.1) is 7.11 Å². The Bertz CT molecular complexity index is 698. The Kier molecular flexibility index (Phi) is 5.71. The molecule has 0 amide bonds. The number of hydrogen-bond acceptors (Lipinski definition) is 3. The van der Waals surface area contributed by atoms with Gasteiger partial charge in [-0.05, 0) is 35.7 Å². The smallest absolute Gasteiger partial charge is 0.140 e. The van der Waals surface area contributed by atoms with Gasteiger partial charge in [-0.2, -0.15) is 0 Å². The fraction of sp³-hybridized carbons (Fsp3) is 0.429. The van der Waals surface area contributed by atoms with Crippen LogP contribution in [-0.2, 0) is 17.0 Å². The molecule has 4 heteroatoms. The van der Waals surface area contributed by atoms with Crippen LogP contribution in [0.3, 0.4) is 0 Å². The second kappa shape index (κ2) is 7.98. The van der Waals surface area contributed by atoms with E-state index >= 15 is 4.39 Å². The van der Waals surface area contributed by atoms with Crippen LogP contribution < -0.4 is 10.1 Å². The molecule has 1 N–H and O–H groups in total. The molecule has 1 atom stereocenters. The first-order valence-electron chi connectivity index (χ1n) is 8.84. The van der Waals surface area contributed by atoms with Crippen molar-refractivity contribution in [2.45, 2.75) is 38.0 Å². The molecule has 0 aliphatic carbocycles. The molecule has 0 spiro atoms. The predicted octanol–water partition coefficient (Wildman–Crippen LogP) is 4.52. The molecule has 3 rings (SSSR count). The average Bonchev–Trinajstić information content (AvgIpc) is 2.67. The van der Waals surface area contributed by atoms with Crippen molar-refractivity contribution in [2.24, 2.45) is 0 Å². The fourth-order valence-corrected chi connectivity index (χ4v) is 3.24. The van der Waals surface area contributed by atoms with Crippen molar-refractivity contribution in [3.63, 3.8) is 0 Å². The van der Waals surface area contributed by atoms with Crippen molar-refractivity contribution in [3.8, 4) is 5.75 Å². The second-order valence-corrected chi connectivity index (χ2v) is 6.66. The van der Waals surface area contributed by atoms with Crippen molar-refractivity contribution >= 4 is 0 Å². The van der Waals surface area contributed by atoms with E-state index in [-0.39, 0.29) is 6.04 Å². The van der Waals surface area contributed by atoms with Crippen LogP contribution in [0.5, 0.6) is 5.75 Å². The third-order valence-corrected chi connectivity index (χ3v) is 4.94. The highest BCUT2D eigenvalue weighted by Gasteiger charge is 2.34. The number of methoxy groups -OCH3 is 1. The van der Waals surface area contributed by atoms with Crippen LogP contribution in [0.1, 0.15) is 42.5 Å². The predicted molar refractivity (Wildman–Crippen MR) is 97.5 cm³/mol. The van der Waals surface area contributed by atoms with Gasteiger partial charge in [0, 0.05) is 38.6 Å². The summed E-state index contributed by atoms with van der Waals surface area (Å²) < 4.78 is 25.7. The van der Waals surface area contributed by atoms with Gasteiger partial charge in [-0.3, -0.25) is 0 Å². The second-order valence-electron chi connectivity index (χ2n) is 6.66. The summed E-state index contributed by atoms with van der Waals surface area (Å²) in [5.41, 5.74) is 1.77. The Hall–Kier alpha value is -1.91. The van der Waals surface area contributed by atoms with Gasteiger partial charge in [0.25, 0.3) is 0 Å². The molecular formula is C21H26FNO2. The standard InChI is InChI=1S/C21H26FNO2/c1-16(18-6-4-8-20(14-18)24-2)23-15-17-5-3-7-19(13-17)21(22)9-11-25-12-10-21/h3-8,13-14,16,23H,9-12,15H2,1-2H3/t16-/m1/s1. The van der Waals surface area contributed by atoms with Crippen molar-refractivity contribution < 1.29 is 13.9 Å². The van der Waals surface area contributed by atoms with Gasteiger partial charge in [0.1, 0.15) is 11.4 Å². The summed E-state index contributed by atoms with van der Waals surface area (Å²) in [6.45, 7) is 3.80. The highest BCUT2D eigenvalue weighted by molar-refractivity contribution is 5.31. The van der Waals surface area contributed by atoms with Gasteiger partial charge >= 0.3 is 0 Å². The highest BCUT2D eigenvalue weighted by atomic mass is 19.1. The lowest BCUT2D eigenvalue weighted by Crippen LogP contribution is -2.29. The van der Waals surface area contributed by atoms with Crippen LogP contribution in [0.15, 0.2) is 48.5 Å². The molecule has 0 radical (unpaired) electrons. The van der Waals surface area contributed by atoms with Crippen molar-refractivity contribution in [3.05, 3.63) is 65.2 Å². The molecule has 0 unspecified atom stereocenters. The minimum Gasteiger partial charge on any atom is -0.497 e. The van der Waals surface area contributed by atoms with Crippen LogP contribution in [0.4, 0.5) is 4.39 Å². The Morgan fingerprint density at radius 1 is 1.16 bits per heavy atom. The molecule has 0 bridgehead atoms. The van der Waals surface area contributed by atoms with Crippen LogP contribution in [0.25, 0.3) is 0 Å². The normalized spacial score (nSPS) is 17.9. The van der Waals surface area contributed by atoms with E-state index in [2.05, 4.69) is 18.3 Å². The van der Waals surface area contributed by atoms with E-state index in [0.29, 0.717) is 32.6 Å². The van der Waals surface area contributed by atoms with Crippen LogP contribution in [0, 0.1) is 0 Å². The van der Waals surface area contributed by atoms with Crippen molar-refractivity contribution in [1.82, 2.24) is 5.32 Å². The molecule has 2 aromatic carbocycles. The first-order chi connectivity index (χ1) is 12.1. The number of rotatable bonds is 6. The molecule has 0 aromatic heterocycles. The molecule has 2 aromatic rings. The highest BCUT2D eigenvalue weighted by Crippen LogP contribution is 2.36. The summed E-state index contributed by atoms with van der Waals surface area (Å²) >= 11 is 0. The Labute approximate surface area is 149 Å². The van der Waals surface area contributed by atoms with Gasteiger partial charge in [-0.25, -0.2) is 4.39 Å². The van der Waals surface area contributed by atoms with Gasteiger partial charge < -0.3 is 14.8 Å². The maximum atomic E-state index is 15.1. The average molecular weight is 343 g/mol. The number of ether oxygens (including phenoxy) is 2. The molecular weight excluding hydrogens is 317 g/mol. The summed E-state index contributed by atoms with van der Waals surface area (Å²) in [7, 11) is 1.67. The molecule has 134 valence electrons. The number of hydrogen-bond donors (Lipinski definition) is 1.